The number of carbonyl (C=O) groups excluding carboxylic acids is 2. The Labute approximate surface area is 283 Å². The third kappa shape index (κ3) is 31.0. The van der Waals surface area contributed by atoms with Crippen LogP contribution in [0.3, 0.4) is 0 Å². The first-order chi connectivity index (χ1) is 22.6. The van der Waals surface area contributed by atoms with Gasteiger partial charge in [-0.15, -0.1) is 0 Å². The highest BCUT2D eigenvalue weighted by atomic mass is 31.2. The highest BCUT2D eigenvalue weighted by Crippen LogP contribution is 2.43. The molecule has 0 fully saturated rings. The second-order valence-electron chi connectivity index (χ2n) is 12.1. The molecule has 0 aromatic carbocycles. The van der Waals surface area contributed by atoms with E-state index in [0.717, 1.165) is 32.1 Å². The maximum Gasteiger partial charge on any atom is 0.472 e. The Balaban J connectivity index is 3.84. The van der Waals surface area contributed by atoms with Crippen molar-refractivity contribution in [1.29, 1.82) is 0 Å². The minimum absolute atomic E-state index is 0.144. The summed E-state index contributed by atoms with van der Waals surface area (Å²) in [4.78, 5) is 45.0. The van der Waals surface area contributed by atoms with E-state index in [-0.39, 0.29) is 12.8 Å². The molecule has 1 amide bonds. The number of phosphoric acid groups is 1. The SMILES string of the molecule is CCCCC/C=C\C/C=C\CCCCCCCCCCCCCC(=O)NC(COP(=O)(O)OCC(O)COC(=O)CCCC)C(=O)O. The molecule has 0 radical (unpaired) electrons. The lowest BCUT2D eigenvalue weighted by Gasteiger charge is -2.18. The summed E-state index contributed by atoms with van der Waals surface area (Å²) in [5.41, 5.74) is 0. The Kier molecular flexibility index (Phi) is 29.9. The zero-order chi connectivity index (χ0) is 35.0. The number of rotatable bonds is 33. The molecule has 0 bridgehead atoms. The molecule has 0 saturated carbocycles. The highest BCUT2D eigenvalue weighted by molar-refractivity contribution is 7.47. The predicted octanol–water partition coefficient (Wildman–Crippen LogP) is 7.94. The zero-order valence-corrected chi connectivity index (χ0v) is 30.0. The molecule has 47 heavy (non-hydrogen) atoms. The van der Waals surface area contributed by atoms with Gasteiger partial charge in [0, 0.05) is 12.8 Å². The molecule has 0 aliphatic heterocycles. The van der Waals surface area contributed by atoms with E-state index < -0.39 is 57.6 Å². The number of phosphoric ester groups is 1. The molecule has 0 aromatic rings. The number of allylic oxidation sites excluding steroid dienone is 4. The van der Waals surface area contributed by atoms with Crippen LogP contribution in [0.4, 0.5) is 0 Å². The molecule has 4 N–H and O–H groups in total. The summed E-state index contributed by atoms with van der Waals surface area (Å²) in [5, 5.41) is 21.5. The van der Waals surface area contributed by atoms with Crippen LogP contribution in [-0.4, -0.2) is 64.9 Å². The van der Waals surface area contributed by atoms with Crippen molar-refractivity contribution in [3.8, 4) is 0 Å². The molecule has 0 aliphatic rings. The molecule has 3 unspecified atom stereocenters. The maximum absolute atomic E-state index is 12.2. The van der Waals surface area contributed by atoms with Gasteiger partial charge in [-0.25, -0.2) is 9.36 Å². The van der Waals surface area contributed by atoms with Gasteiger partial charge in [-0.2, -0.15) is 0 Å². The largest absolute Gasteiger partial charge is 0.480 e. The molecule has 11 nitrogen and oxygen atoms in total. The number of carbonyl (C=O) groups is 3. The van der Waals surface area contributed by atoms with Gasteiger partial charge in [0.2, 0.25) is 5.91 Å². The number of carboxylic acids is 1. The summed E-state index contributed by atoms with van der Waals surface area (Å²) in [6, 6.07) is -1.54. The number of esters is 1. The standard InChI is InChI=1S/C35H64NO10P/c1-3-5-7-8-9-10-11-12-13-14-15-16-17-18-19-20-21-22-23-24-25-26-33(38)36-32(35(40)41)30-46-47(42,43)45-29-31(37)28-44-34(39)27-6-4-2/h9-10,12-13,31-32,37H,3-8,11,14-30H2,1-2H3,(H,36,38)(H,40,41)(H,42,43)/b10-9-,13-12-. The van der Waals surface area contributed by atoms with Crippen molar-refractivity contribution in [3.63, 3.8) is 0 Å². The Morgan fingerprint density at radius 1 is 0.681 bits per heavy atom. The van der Waals surface area contributed by atoms with Crippen molar-refractivity contribution in [3.05, 3.63) is 24.3 Å². The summed E-state index contributed by atoms with van der Waals surface area (Å²) in [6.07, 6.45) is 29.2. The van der Waals surface area contributed by atoms with E-state index >= 15 is 0 Å². The van der Waals surface area contributed by atoms with Crippen molar-refractivity contribution in [2.45, 2.75) is 161 Å². The average Bonchev–Trinajstić information content (AvgIpc) is 3.04. The van der Waals surface area contributed by atoms with Gasteiger partial charge in [0.1, 0.15) is 12.7 Å². The van der Waals surface area contributed by atoms with E-state index in [9.17, 15) is 34.1 Å². The van der Waals surface area contributed by atoms with Crippen LogP contribution in [0.5, 0.6) is 0 Å². The number of hydrogen-bond donors (Lipinski definition) is 4. The Morgan fingerprint density at radius 3 is 1.74 bits per heavy atom. The van der Waals surface area contributed by atoms with Gasteiger partial charge >= 0.3 is 19.8 Å². The fourth-order valence-corrected chi connectivity index (χ4v) is 5.39. The van der Waals surface area contributed by atoms with Crippen LogP contribution in [0.25, 0.3) is 0 Å². The number of hydrogen-bond acceptors (Lipinski definition) is 8. The normalized spacial score (nSPS) is 14.3. The molecule has 0 aliphatic carbocycles. The third-order valence-corrected chi connectivity index (χ3v) is 8.44. The van der Waals surface area contributed by atoms with E-state index in [1.165, 1.54) is 77.0 Å². The highest BCUT2D eigenvalue weighted by Gasteiger charge is 2.28. The van der Waals surface area contributed by atoms with Crippen LogP contribution >= 0.6 is 7.82 Å². The fraction of sp³-hybridized carbons (Fsp3) is 0.800. The Bertz CT molecular complexity index is 911. The second kappa shape index (κ2) is 31.2. The average molecular weight is 690 g/mol. The molecule has 274 valence electrons. The van der Waals surface area contributed by atoms with Crippen molar-refractivity contribution in [2.24, 2.45) is 0 Å². The van der Waals surface area contributed by atoms with Gasteiger partial charge in [0.15, 0.2) is 6.04 Å². The number of amides is 1. The molecule has 0 aromatic heterocycles. The number of carboxylic acid groups (broad SMARTS) is 1. The van der Waals surface area contributed by atoms with E-state index in [1.807, 2.05) is 6.92 Å². The van der Waals surface area contributed by atoms with Crippen LogP contribution in [0, 0.1) is 0 Å². The van der Waals surface area contributed by atoms with Crippen molar-refractivity contribution in [1.82, 2.24) is 5.32 Å². The van der Waals surface area contributed by atoms with Crippen LogP contribution in [0.2, 0.25) is 0 Å². The molecule has 0 saturated heterocycles. The van der Waals surface area contributed by atoms with Gasteiger partial charge in [-0.3, -0.25) is 18.6 Å². The van der Waals surface area contributed by atoms with E-state index in [4.69, 9.17) is 9.26 Å². The minimum atomic E-state index is -4.73. The summed E-state index contributed by atoms with van der Waals surface area (Å²) in [6.45, 7) is 2.25. The topological polar surface area (TPSA) is 169 Å². The van der Waals surface area contributed by atoms with E-state index in [0.29, 0.717) is 12.8 Å². The lowest BCUT2D eigenvalue weighted by Crippen LogP contribution is -2.43. The van der Waals surface area contributed by atoms with Crippen molar-refractivity contribution < 1.29 is 47.8 Å². The fourth-order valence-electron chi connectivity index (χ4n) is 4.62. The van der Waals surface area contributed by atoms with E-state index in [1.54, 1.807) is 0 Å². The van der Waals surface area contributed by atoms with Crippen LogP contribution in [0.15, 0.2) is 24.3 Å². The van der Waals surface area contributed by atoms with Gasteiger partial charge in [-0.05, 0) is 44.9 Å². The third-order valence-electron chi connectivity index (χ3n) is 7.49. The smallest absolute Gasteiger partial charge is 0.472 e. The molecular formula is C35H64NO10P. The van der Waals surface area contributed by atoms with Crippen LogP contribution in [0.1, 0.15) is 149 Å². The molecule has 0 heterocycles. The molecule has 0 rings (SSSR count). The number of nitrogens with one attached hydrogen (secondary N) is 1. The van der Waals surface area contributed by atoms with Gasteiger partial charge < -0.3 is 25.2 Å². The molecule has 0 spiro atoms. The predicted molar refractivity (Wildman–Crippen MR) is 185 cm³/mol. The van der Waals surface area contributed by atoms with Crippen LogP contribution < -0.4 is 5.32 Å². The molecule has 3 atom stereocenters. The van der Waals surface area contributed by atoms with Gasteiger partial charge in [0.25, 0.3) is 0 Å². The second-order valence-corrected chi connectivity index (χ2v) is 13.5. The monoisotopic (exact) mass is 689 g/mol. The first kappa shape index (κ1) is 45.0. The lowest BCUT2D eigenvalue weighted by molar-refractivity contribution is -0.147. The first-order valence-corrected chi connectivity index (χ1v) is 19.4. The molecular weight excluding hydrogens is 625 g/mol. The number of aliphatic carboxylic acids is 1. The number of unbranched alkanes of at least 4 members (excludes halogenated alkanes) is 15. The summed E-state index contributed by atoms with van der Waals surface area (Å²) >= 11 is 0. The van der Waals surface area contributed by atoms with Gasteiger partial charge in [0.05, 0.1) is 13.2 Å². The Hall–Kier alpha value is -2.04. The summed E-state index contributed by atoms with van der Waals surface area (Å²) in [5.74, 6) is -2.41. The van der Waals surface area contributed by atoms with Gasteiger partial charge in [-0.1, -0.05) is 115 Å². The van der Waals surface area contributed by atoms with Crippen molar-refractivity contribution in [2.75, 3.05) is 19.8 Å². The lowest BCUT2D eigenvalue weighted by atomic mass is 10.0. The maximum atomic E-state index is 12.2. The van der Waals surface area contributed by atoms with Crippen molar-refractivity contribution >= 4 is 25.7 Å². The Morgan fingerprint density at radius 2 is 1.19 bits per heavy atom. The summed E-state index contributed by atoms with van der Waals surface area (Å²) < 4.78 is 26.3. The first-order valence-electron chi connectivity index (χ1n) is 17.9. The number of aliphatic hydroxyl groups excluding tert-OH is 1. The zero-order valence-electron chi connectivity index (χ0n) is 29.1. The van der Waals surface area contributed by atoms with Crippen LogP contribution in [-0.2, 0) is 32.7 Å². The quantitative estimate of drug-likeness (QED) is 0.0230. The number of ether oxygens (including phenoxy) is 1. The molecule has 12 heteroatoms. The summed E-state index contributed by atoms with van der Waals surface area (Å²) in [7, 11) is -4.73. The minimum Gasteiger partial charge on any atom is -0.480 e. The van der Waals surface area contributed by atoms with E-state index in [2.05, 4.69) is 41.1 Å². The number of aliphatic hydroxyl groups is 1.